The van der Waals surface area contributed by atoms with Crippen molar-refractivity contribution >= 4 is 21.5 Å². The van der Waals surface area contributed by atoms with E-state index >= 15 is 0 Å². The van der Waals surface area contributed by atoms with E-state index in [1.165, 1.54) is 32.1 Å². The third kappa shape index (κ3) is 24.7. The molecule has 0 bridgehead atoms. The molecule has 2 N–H and O–H groups in total. The normalized spacial score (nSPS) is 8.60. The average Bonchev–Trinajstić information content (AvgIpc) is 2.17. The molecule has 0 atom stereocenters. The van der Waals surface area contributed by atoms with Gasteiger partial charge in [-0.2, -0.15) is 0 Å². The predicted molar refractivity (Wildman–Crippen MR) is 58.9 cm³/mol. The van der Waals surface area contributed by atoms with Crippen LogP contribution in [0.15, 0.2) is 0 Å². The van der Waals surface area contributed by atoms with Gasteiger partial charge in [-0.3, -0.25) is 4.79 Å². The summed E-state index contributed by atoms with van der Waals surface area (Å²) in [4.78, 5) is 10.1. The third-order valence-electron chi connectivity index (χ3n) is 1.99. The molecule has 15 heavy (non-hydrogen) atoms. The molecule has 0 spiro atoms. The minimum atomic E-state index is -1.50. The van der Waals surface area contributed by atoms with Crippen molar-refractivity contribution in [2.45, 2.75) is 58.3 Å². The van der Waals surface area contributed by atoms with Gasteiger partial charge in [0, 0.05) is 6.42 Å². The Balaban J connectivity index is 0. The minimum absolute atomic E-state index is 0.341. The van der Waals surface area contributed by atoms with Crippen LogP contribution in [-0.2, 0) is 8.60 Å². The first kappa shape index (κ1) is 17.0. The molecule has 0 rings (SSSR count). The Labute approximate surface area is 97.9 Å². The van der Waals surface area contributed by atoms with E-state index in [1.807, 2.05) is 0 Å². The Morgan fingerprint density at radius 1 is 1.07 bits per heavy atom. The summed E-state index contributed by atoms with van der Waals surface area (Å²) >= 11 is -1.50. The summed E-state index contributed by atoms with van der Waals surface area (Å²) in [6.45, 7) is 2.20. The second-order valence-corrected chi connectivity index (χ2v) is 3.58. The molecular weight excluding hydrogens is 211 g/mol. The molecule has 0 aromatic heterocycles. The molecule has 0 fully saturated rings. The average molecular weight is 232 g/mol. The van der Waals surface area contributed by atoms with E-state index in [0.29, 0.717) is 6.42 Å². The molecular formula is C10H21AlO4. The van der Waals surface area contributed by atoms with Crippen LogP contribution in [0.25, 0.3) is 0 Å². The van der Waals surface area contributed by atoms with Crippen LogP contribution in [0, 0.1) is 0 Å². The number of unbranched alkanes of at least 4 members (excludes halogenated alkanes) is 6. The second kappa shape index (κ2) is 16.0. The van der Waals surface area contributed by atoms with Crippen molar-refractivity contribution in [2.75, 3.05) is 0 Å². The third-order valence-corrected chi connectivity index (χ3v) is 1.99. The molecule has 0 aliphatic rings. The Morgan fingerprint density at radius 3 is 1.87 bits per heavy atom. The number of rotatable bonds is 8. The standard InChI is InChI=1S/C10H20O2.Al.H2O.O/c1-2-3-4-5-6-7-8-9-10(11)12;;;/h2-9H2,1H3,(H,11,12);;1H2;/q;+1;;/p-1. The van der Waals surface area contributed by atoms with Gasteiger partial charge in [0.1, 0.15) is 0 Å². The first-order valence-corrected chi connectivity index (χ1v) is 6.47. The predicted octanol–water partition coefficient (Wildman–Crippen LogP) is 2.16. The number of hydrogen-bond acceptors (Lipinski definition) is 2. The topological polar surface area (TPSA) is 74.6 Å². The Morgan fingerprint density at radius 2 is 1.47 bits per heavy atom. The van der Waals surface area contributed by atoms with Crippen LogP contribution in [0.4, 0.5) is 0 Å². The molecule has 0 radical (unpaired) electrons. The molecule has 0 saturated heterocycles. The molecule has 4 nitrogen and oxygen atoms in total. The van der Waals surface area contributed by atoms with Crippen molar-refractivity contribution < 1.29 is 17.9 Å². The van der Waals surface area contributed by atoms with E-state index in [9.17, 15) is 4.79 Å². The number of carboxylic acids is 1. The molecule has 0 saturated carbocycles. The van der Waals surface area contributed by atoms with Crippen molar-refractivity contribution in [3.05, 3.63) is 0 Å². The van der Waals surface area contributed by atoms with E-state index in [4.69, 9.17) is 13.1 Å². The fraction of sp³-hybridized carbons (Fsp3) is 0.900. The summed E-state index contributed by atoms with van der Waals surface area (Å²) in [5.41, 5.74) is 0. The van der Waals surface area contributed by atoms with Crippen LogP contribution in [0.2, 0.25) is 0 Å². The second-order valence-electron chi connectivity index (χ2n) is 3.37. The molecule has 0 aromatic carbocycles. The first-order valence-electron chi connectivity index (χ1n) is 5.48. The summed E-state index contributed by atoms with van der Waals surface area (Å²) < 4.78 is 15.7. The summed E-state index contributed by atoms with van der Waals surface area (Å²) in [6, 6.07) is 0. The van der Waals surface area contributed by atoms with Crippen LogP contribution in [0.5, 0.6) is 0 Å². The van der Waals surface area contributed by atoms with Gasteiger partial charge in [0.25, 0.3) is 0 Å². The van der Waals surface area contributed by atoms with Crippen LogP contribution < -0.4 is 0 Å². The first-order chi connectivity index (χ1) is 7.18. The van der Waals surface area contributed by atoms with Crippen LogP contribution in [0.3, 0.4) is 0 Å². The number of carboxylic acid groups (broad SMARTS) is 1. The Hall–Kier alpha value is -0.398. The van der Waals surface area contributed by atoms with E-state index in [0.717, 1.165) is 12.8 Å². The summed E-state index contributed by atoms with van der Waals surface area (Å²) in [6.07, 6.45) is 8.64. The van der Waals surface area contributed by atoms with Crippen LogP contribution >= 0.6 is 0 Å². The summed E-state index contributed by atoms with van der Waals surface area (Å²) in [7, 11) is 0. The zero-order chi connectivity index (χ0) is 11.9. The fourth-order valence-corrected chi connectivity index (χ4v) is 1.23. The van der Waals surface area contributed by atoms with E-state index < -0.39 is 21.5 Å². The van der Waals surface area contributed by atoms with Crippen molar-refractivity contribution in [1.29, 1.82) is 0 Å². The maximum absolute atomic E-state index is 10.1. The SMILES string of the molecule is CCCCCCCCCC(=O)O.[O]=[Al][OH]. The maximum atomic E-state index is 10.1. The molecule has 0 heterocycles. The van der Waals surface area contributed by atoms with Gasteiger partial charge in [-0.15, -0.1) is 0 Å². The van der Waals surface area contributed by atoms with Gasteiger partial charge in [-0.25, -0.2) is 0 Å². The molecule has 0 aliphatic carbocycles. The number of hydrogen-bond donors (Lipinski definition) is 2. The molecule has 0 unspecified atom stereocenters. The van der Waals surface area contributed by atoms with Gasteiger partial charge in [0.2, 0.25) is 0 Å². The van der Waals surface area contributed by atoms with Crippen molar-refractivity contribution in [3.63, 3.8) is 0 Å². The molecule has 88 valence electrons. The van der Waals surface area contributed by atoms with Crippen molar-refractivity contribution in [3.8, 4) is 0 Å². The van der Waals surface area contributed by atoms with Crippen LogP contribution in [0.1, 0.15) is 58.3 Å². The summed E-state index contributed by atoms with van der Waals surface area (Å²) in [5, 5.41) is 8.35. The van der Waals surface area contributed by atoms with Gasteiger partial charge in [0.15, 0.2) is 0 Å². The van der Waals surface area contributed by atoms with Crippen molar-refractivity contribution in [1.82, 2.24) is 0 Å². The molecule has 5 heteroatoms. The fourth-order valence-electron chi connectivity index (χ4n) is 1.23. The number of carbonyl (C=O) groups is 1. The molecule has 0 aliphatic heterocycles. The zero-order valence-electron chi connectivity index (χ0n) is 9.45. The number of aliphatic carboxylic acids is 1. The van der Waals surface area contributed by atoms with Gasteiger partial charge < -0.3 is 5.11 Å². The quantitative estimate of drug-likeness (QED) is 0.496. The molecule has 0 amide bonds. The van der Waals surface area contributed by atoms with Crippen LogP contribution in [-0.4, -0.2) is 30.7 Å². The van der Waals surface area contributed by atoms with E-state index in [1.54, 1.807) is 0 Å². The van der Waals surface area contributed by atoms with E-state index in [-0.39, 0.29) is 0 Å². The molecule has 0 aromatic rings. The van der Waals surface area contributed by atoms with E-state index in [2.05, 4.69) is 6.92 Å². The summed E-state index contributed by atoms with van der Waals surface area (Å²) in [5.74, 6) is -0.663. The Bertz CT molecular complexity index is 150. The van der Waals surface area contributed by atoms with Gasteiger partial charge in [-0.1, -0.05) is 45.4 Å². The van der Waals surface area contributed by atoms with Crippen molar-refractivity contribution in [2.24, 2.45) is 0 Å². The van der Waals surface area contributed by atoms with Gasteiger partial charge in [0.05, 0.1) is 0 Å². The van der Waals surface area contributed by atoms with Gasteiger partial charge in [-0.05, 0) is 6.42 Å². The zero-order valence-corrected chi connectivity index (χ0v) is 10.6. The van der Waals surface area contributed by atoms with Gasteiger partial charge >= 0.3 is 29.4 Å². The monoisotopic (exact) mass is 232 g/mol. The Kier molecular flexibility index (Phi) is 18.2.